The van der Waals surface area contributed by atoms with Gasteiger partial charge in [0.1, 0.15) is 4.83 Å². The first-order valence-corrected chi connectivity index (χ1v) is 11.8. The Morgan fingerprint density at radius 1 is 1.36 bits per heavy atom. The van der Waals surface area contributed by atoms with Gasteiger partial charge in [-0.15, -0.1) is 11.3 Å². The molecule has 0 spiro atoms. The molecule has 0 aliphatic heterocycles. The summed E-state index contributed by atoms with van der Waals surface area (Å²) in [7, 11) is 3.50. The second-order valence-corrected chi connectivity index (χ2v) is 10.9. The first kappa shape index (κ1) is 21.4. The van der Waals surface area contributed by atoms with E-state index in [-0.39, 0.29) is 16.9 Å². The summed E-state index contributed by atoms with van der Waals surface area (Å²) >= 11 is 3.05. The van der Waals surface area contributed by atoms with Crippen LogP contribution in [-0.4, -0.2) is 40.2 Å². The molecule has 2 aromatic rings. The van der Waals surface area contributed by atoms with E-state index in [1.807, 2.05) is 0 Å². The maximum atomic E-state index is 13.4. The molecule has 1 amide bonds. The average molecular weight is 422 g/mol. The third kappa shape index (κ3) is 4.15. The molecule has 0 bridgehead atoms. The van der Waals surface area contributed by atoms with E-state index in [2.05, 4.69) is 27.7 Å². The number of amides is 1. The molecule has 1 aliphatic carbocycles. The molecule has 3 rings (SSSR count). The van der Waals surface area contributed by atoms with Crippen molar-refractivity contribution < 1.29 is 4.79 Å². The molecule has 5 nitrogen and oxygen atoms in total. The highest BCUT2D eigenvalue weighted by Gasteiger charge is 2.32. The summed E-state index contributed by atoms with van der Waals surface area (Å²) in [6, 6.07) is 0. The number of thioether (sulfide) groups is 1. The highest BCUT2D eigenvalue weighted by Crippen LogP contribution is 2.42. The Bertz CT molecular complexity index is 938. The van der Waals surface area contributed by atoms with Crippen molar-refractivity contribution in [3.05, 3.63) is 20.8 Å². The molecule has 7 heteroatoms. The van der Waals surface area contributed by atoms with Crippen LogP contribution in [0.2, 0.25) is 0 Å². The SMILES string of the molecule is CCCn1c(SCC(=O)N(C)C)nc2sc3c(c2c1=O)CCC(C(C)(C)C)C3. The van der Waals surface area contributed by atoms with Crippen LogP contribution in [-0.2, 0) is 24.2 Å². The average Bonchev–Trinajstić information content (AvgIpc) is 2.99. The summed E-state index contributed by atoms with van der Waals surface area (Å²) in [5, 5.41) is 1.49. The molecule has 28 heavy (non-hydrogen) atoms. The van der Waals surface area contributed by atoms with Crippen molar-refractivity contribution in [2.75, 3.05) is 19.8 Å². The summed E-state index contributed by atoms with van der Waals surface area (Å²) in [6.45, 7) is 9.61. The second kappa shape index (κ2) is 8.19. The molecule has 154 valence electrons. The predicted molar refractivity (Wildman–Crippen MR) is 119 cm³/mol. The van der Waals surface area contributed by atoms with Gasteiger partial charge in [-0.3, -0.25) is 14.2 Å². The number of nitrogens with zero attached hydrogens (tertiary/aromatic N) is 3. The highest BCUT2D eigenvalue weighted by molar-refractivity contribution is 7.99. The zero-order valence-corrected chi connectivity index (χ0v) is 19.4. The first-order chi connectivity index (χ1) is 13.1. The predicted octanol–water partition coefficient (Wildman–Crippen LogP) is 4.20. The smallest absolute Gasteiger partial charge is 0.263 e. The van der Waals surface area contributed by atoms with Gasteiger partial charge in [0, 0.05) is 25.5 Å². The van der Waals surface area contributed by atoms with Crippen molar-refractivity contribution in [2.24, 2.45) is 11.3 Å². The molecule has 0 radical (unpaired) electrons. The van der Waals surface area contributed by atoms with Crippen LogP contribution in [0.15, 0.2) is 9.95 Å². The highest BCUT2D eigenvalue weighted by atomic mass is 32.2. The van der Waals surface area contributed by atoms with E-state index in [4.69, 9.17) is 4.98 Å². The lowest BCUT2D eigenvalue weighted by molar-refractivity contribution is -0.125. The van der Waals surface area contributed by atoms with Crippen molar-refractivity contribution in [3.8, 4) is 0 Å². The van der Waals surface area contributed by atoms with Gasteiger partial charge in [0.2, 0.25) is 5.91 Å². The van der Waals surface area contributed by atoms with Crippen LogP contribution in [0, 0.1) is 11.3 Å². The van der Waals surface area contributed by atoms with E-state index >= 15 is 0 Å². The van der Waals surface area contributed by atoms with E-state index in [9.17, 15) is 9.59 Å². The Morgan fingerprint density at radius 3 is 2.68 bits per heavy atom. The summed E-state index contributed by atoms with van der Waals surface area (Å²) in [4.78, 5) is 34.0. The lowest BCUT2D eigenvalue weighted by Gasteiger charge is -2.33. The maximum Gasteiger partial charge on any atom is 0.263 e. The summed E-state index contributed by atoms with van der Waals surface area (Å²) in [6.07, 6.45) is 3.99. The van der Waals surface area contributed by atoms with E-state index in [1.54, 1.807) is 34.9 Å². The Kier molecular flexibility index (Phi) is 6.25. The van der Waals surface area contributed by atoms with E-state index in [1.165, 1.54) is 22.2 Å². The van der Waals surface area contributed by atoms with E-state index in [0.29, 0.717) is 23.4 Å². The fraction of sp³-hybridized carbons (Fsp3) is 0.667. The number of carbonyl (C=O) groups excluding carboxylic acids is 1. The largest absolute Gasteiger partial charge is 0.348 e. The van der Waals surface area contributed by atoms with Gasteiger partial charge in [0.15, 0.2) is 5.16 Å². The molecule has 2 heterocycles. The summed E-state index contributed by atoms with van der Waals surface area (Å²) < 4.78 is 1.78. The van der Waals surface area contributed by atoms with Crippen molar-refractivity contribution >= 4 is 39.2 Å². The fourth-order valence-corrected chi connectivity index (χ4v) is 6.11. The van der Waals surface area contributed by atoms with E-state index in [0.717, 1.165) is 35.9 Å². The topological polar surface area (TPSA) is 55.2 Å². The zero-order valence-electron chi connectivity index (χ0n) is 17.8. The summed E-state index contributed by atoms with van der Waals surface area (Å²) in [5.41, 5.74) is 1.57. The molecule has 0 aromatic carbocycles. The molecule has 1 unspecified atom stereocenters. The number of fused-ring (bicyclic) bond motifs is 3. The minimum Gasteiger partial charge on any atom is -0.348 e. The normalized spacial score (nSPS) is 17.0. The number of aromatic nitrogens is 2. The van der Waals surface area contributed by atoms with Gasteiger partial charge in [0.05, 0.1) is 11.1 Å². The van der Waals surface area contributed by atoms with Crippen LogP contribution < -0.4 is 5.56 Å². The van der Waals surface area contributed by atoms with Gasteiger partial charge >= 0.3 is 0 Å². The number of aryl methyl sites for hydroxylation is 1. The number of hydrogen-bond donors (Lipinski definition) is 0. The Morgan fingerprint density at radius 2 is 2.07 bits per heavy atom. The zero-order chi connectivity index (χ0) is 20.6. The van der Waals surface area contributed by atoms with Gasteiger partial charge in [-0.2, -0.15) is 0 Å². The number of carbonyl (C=O) groups is 1. The number of rotatable bonds is 5. The van der Waals surface area contributed by atoms with E-state index < -0.39 is 0 Å². The first-order valence-electron chi connectivity index (χ1n) is 10.0. The molecule has 1 aliphatic rings. The Labute approximate surface area is 175 Å². The third-order valence-electron chi connectivity index (χ3n) is 5.63. The van der Waals surface area contributed by atoms with Crippen molar-refractivity contribution in [1.82, 2.24) is 14.5 Å². The number of hydrogen-bond acceptors (Lipinski definition) is 5. The minimum absolute atomic E-state index is 0.0286. The van der Waals surface area contributed by atoms with Crippen LogP contribution in [0.25, 0.3) is 10.2 Å². The quantitative estimate of drug-likeness (QED) is 0.536. The van der Waals surface area contributed by atoms with Gasteiger partial charge in [-0.05, 0) is 42.6 Å². The molecule has 0 N–H and O–H groups in total. The van der Waals surface area contributed by atoms with Gasteiger partial charge in [-0.25, -0.2) is 4.98 Å². The molecule has 0 saturated heterocycles. The standard InChI is InChI=1S/C21H31N3O2S2/c1-7-10-24-19(26)17-14-9-8-13(21(2,3)4)11-15(14)28-18(17)22-20(24)27-12-16(25)23(5)6/h13H,7-12H2,1-6H3. The molecule has 2 aromatic heterocycles. The maximum absolute atomic E-state index is 13.4. The second-order valence-electron chi connectivity index (χ2n) is 8.92. The molecule has 0 fully saturated rings. The number of thiophene rings is 1. The van der Waals surface area contributed by atoms with Crippen LogP contribution in [0.5, 0.6) is 0 Å². The van der Waals surface area contributed by atoms with Crippen LogP contribution in [0.1, 0.15) is 51.0 Å². The summed E-state index contributed by atoms with van der Waals surface area (Å²) in [5.74, 6) is 0.963. The fourth-order valence-electron chi connectivity index (χ4n) is 3.77. The van der Waals surface area contributed by atoms with Crippen LogP contribution in [0.4, 0.5) is 0 Å². The van der Waals surface area contributed by atoms with Gasteiger partial charge in [0.25, 0.3) is 5.56 Å². The third-order valence-corrected chi connectivity index (χ3v) is 7.74. The molecular formula is C21H31N3O2S2. The minimum atomic E-state index is 0.0286. The molecular weight excluding hydrogens is 390 g/mol. The van der Waals surface area contributed by atoms with Gasteiger partial charge < -0.3 is 4.90 Å². The van der Waals surface area contributed by atoms with Gasteiger partial charge in [-0.1, -0.05) is 39.5 Å². The van der Waals surface area contributed by atoms with Crippen molar-refractivity contribution in [1.29, 1.82) is 0 Å². The van der Waals surface area contributed by atoms with Crippen LogP contribution in [0.3, 0.4) is 0 Å². The lowest BCUT2D eigenvalue weighted by Crippen LogP contribution is -2.28. The molecule has 0 saturated carbocycles. The van der Waals surface area contributed by atoms with Crippen molar-refractivity contribution in [3.63, 3.8) is 0 Å². The Balaban J connectivity index is 2.03. The monoisotopic (exact) mass is 421 g/mol. The molecule has 1 atom stereocenters. The van der Waals surface area contributed by atoms with Crippen LogP contribution >= 0.6 is 23.1 Å². The lowest BCUT2D eigenvalue weighted by atomic mass is 9.72. The van der Waals surface area contributed by atoms with Crippen molar-refractivity contribution in [2.45, 2.75) is 65.1 Å². The Hall–Kier alpha value is -1.34.